The molecule has 202 valence electrons. The van der Waals surface area contributed by atoms with Crippen molar-refractivity contribution in [1.29, 1.82) is 0 Å². The smallest absolute Gasteiger partial charge is 0.266 e. The molecule has 0 radical (unpaired) electrons. The Morgan fingerprint density at radius 3 is 2.51 bits per heavy atom. The largest absolute Gasteiger partial charge is 0.383 e. The second-order valence-electron chi connectivity index (χ2n) is 9.81. The molecule has 1 aliphatic heterocycles. The Morgan fingerprint density at radius 2 is 1.79 bits per heavy atom. The van der Waals surface area contributed by atoms with Crippen LogP contribution in [0.25, 0.3) is 10.9 Å². The van der Waals surface area contributed by atoms with Gasteiger partial charge in [0.1, 0.15) is 11.4 Å². The van der Waals surface area contributed by atoms with E-state index in [1.807, 2.05) is 12.1 Å². The number of anilines is 1. The second kappa shape index (κ2) is 11.0. The number of pyridine rings is 3. The van der Waals surface area contributed by atoms with Gasteiger partial charge >= 0.3 is 0 Å². The molecule has 1 aromatic carbocycles. The van der Waals surface area contributed by atoms with Crippen molar-refractivity contribution < 1.29 is 23.1 Å². The number of hydrogen-bond acceptors (Lipinski definition) is 6. The monoisotopic (exact) mass is 535 g/mol. The van der Waals surface area contributed by atoms with Crippen molar-refractivity contribution in [2.45, 2.75) is 44.3 Å². The van der Waals surface area contributed by atoms with Crippen molar-refractivity contribution in [3.05, 3.63) is 95.5 Å². The molecule has 5 rings (SSSR count). The Hall–Kier alpha value is -4.05. The highest BCUT2D eigenvalue weighted by Crippen LogP contribution is 2.35. The summed E-state index contributed by atoms with van der Waals surface area (Å²) in [6, 6.07) is 10.4. The molecule has 1 aliphatic rings. The first-order valence-electron chi connectivity index (χ1n) is 12.7. The number of piperidine rings is 1. The molecule has 10 heteroatoms. The quantitative estimate of drug-likeness (QED) is 0.333. The number of amides is 1. The third-order valence-corrected chi connectivity index (χ3v) is 7.28. The zero-order valence-electron chi connectivity index (χ0n) is 21.3. The number of aromatic nitrogens is 3. The highest BCUT2D eigenvalue weighted by atomic mass is 19.3. The van der Waals surface area contributed by atoms with Crippen LogP contribution in [0, 0.1) is 5.82 Å². The van der Waals surface area contributed by atoms with E-state index >= 15 is 0 Å². The first-order chi connectivity index (χ1) is 18.7. The molecule has 4 aromatic rings. The van der Waals surface area contributed by atoms with E-state index in [2.05, 4.69) is 20.3 Å². The molecular formula is C29H28F3N5O2. The maximum atomic E-state index is 14.8. The predicted octanol–water partition coefficient (Wildman–Crippen LogP) is 5.33. The number of alkyl halides is 2. The Balaban J connectivity index is 1.34. The molecule has 2 N–H and O–H groups in total. The zero-order chi connectivity index (χ0) is 27.6. The summed E-state index contributed by atoms with van der Waals surface area (Å²) in [7, 11) is 0. The van der Waals surface area contributed by atoms with Gasteiger partial charge in [-0.1, -0.05) is 18.2 Å². The molecule has 4 heterocycles. The lowest BCUT2D eigenvalue weighted by Gasteiger charge is -2.38. The minimum atomic E-state index is -2.91. The lowest BCUT2D eigenvalue weighted by atomic mass is 9.87. The van der Waals surface area contributed by atoms with E-state index in [9.17, 15) is 23.1 Å². The predicted molar refractivity (Wildman–Crippen MR) is 141 cm³/mol. The summed E-state index contributed by atoms with van der Waals surface area (Å²) in [6.07, 6.45) is 4.44. The molecule has 39 heavy (non-hydrogen) atoms. The molecule has 0 bridgehead atoms. The Labute approximate surface area is 223 Å². The molecule has 1 fully saturated rings. The first kappa shape index (κ1) is 26.6. The fourth-order valence-corrected chi connectivity index (χ4v) is 4.98. The van der Waals surface area contributed by atoms with Crippen molar-refractivity contribution in [3.8, 4) is 0 Å². The molecule has 1 amide bonds. The van der Waals surface area contributed by atoms with E-state index in [0.717, 1.165) is 11.6 Å². The van der Waals surface area contributed by atoms with Gasteiger partial charge in [-0.2, -0.15) is 0 Å². The van der Waals surface area contributed by atoms with Gasteiger partial charge in [0.05, 0.1) is 35.4 Å². The number of rotatable bonds is 7. The summed E-state index contributed by atoms with van der Waals surface area (Å²) in [5, 5.41) is 15.4. The topological polar surface area (TPSA) is 91.2 Å². The number of nitrogens with zero attached hydrogens (tertiary/aromatic N) is 4. The van der Waals surface area contributed by atoms with Gasteiger partial charge in [-0.3, -0.25) is 19.7 Å². The lowest BCUT2D eigenvalue weighted by Crippen LogP contribution is -2.46. The van der Waals surface area contributed by atoms with E-state index in [1.165, 1.54) is 12.1 Å². The normalized spacial score (nSPS) is 15.9. The van der Waals surface area contributed by atoms with E-state index in [0.29, 0.717) is 48.2 Å². The van der Waals surface area contributed by atoms with Gasteiger partial charge in [-0.05, 0) is 49.6 Å². The highest BCUT2D eigenvalue weighted by Gasteiger charge is 2.37. The van der Waals surface area contributed by atoms with Crippen LogP contribution in [0.1, 0.15) is 54.6 Å². The van der Waals surface area contributed by atoms with Crippen molar-refractivity contribution in [1.82, 2.24) is 19.9 Å². The van der Waals surface area contributed by atoms with Crippen LogP contribution in [0.15, 0.2) is 67.3 Å². The van der Waals surface area contributed by atoms with Crippen LogP contribution in [0.5, 0.6) is 0 Å². The third kappa shape index (κ3) is 5.56. The van der Waals surface area contributed by atoms with Crippen molar-refractivity contribution in [2.24, 2.45) is 0 Å². The fraction of sp³-hybridized carbons (Fsp3) is 0.310. The number of likely N-dealkylation sites (tertiary alicyclic amines) is 1. The summed E-state index contributed by atoms with van der Waals surface area (Å²) in [5.41, 5.74) is 0.741. The van der Waals surface area contributed by atoms with E-state index in [4.69, 9.17) is 0 Å². The first-order valence-corrected chi connectivity index (χ1v) is 12.7. The summed E-state index contributed by atoms with van der Waals surface area (Å²) < 4.78 is 41.2. The van der Waals surface area contributed by atoms with Crippen LogP contribution in [0.4, 0.5) is 18.9 Å². The number of nitrogens with one attached hydrogen (secondary N) is 1. The number of carbonyl (C=O) groups is 1. The molecule has 1 saturated heterocycles. The van der Waals surface area contributed by atoms with Crippen molar-refractivity contribution in [2.75, 3.05) is 18.4 Å². The fourth-order valence-electron chi connectivity index (χ4n) is 4.98. The Bertz CT molecular complexity index is 1480. The van der Waals surface area contributed by atoms with Gasteiger partial charge in [0, 0.05) is 48.3 Å². The standard InChI is InChI=1S/C29H28F3N5O2/c1-18(20-3-2-4-21(27(20)30)28(31)32)36-23-7-12-34-24-17-35-25(16-22(23)24)29(39)8-13-37(14-9-29)26(38)15-19-5-10-33-11-6-19/h2-7,10-12,16-18,28,39H,8-9,13-15H2,1H3,(H,34,36)/t18-/m1/s1. The van der Waals surface area contributed by atoms with Gasteiger partial charge in [-0.15, -0.1) is 0 Å². The maximum absolute atomic E-state index is 14.8. The van der Waals surface area contributed by atoms with Gasteiger partial charge in [0.15, 0.2) is 0 Å². The molecule has 3 aromatic heterocycles. The maximum Gasteiger partial charge on any atom is 0.266 e. The minimum Gasteiger partial charge on any atom is -0.383 e. The van der Waals surface area contributed by atoms with Gasteiger partial charge < -0.3 is 15.3 Å². The number of fused-ring (bicyclic) bond motifs is 1. The van der Waals surface area contributed by atoms with Gasteiger partial charge in [0.2, 0.25) is 5.91 Å². The number of halogens is 3. The third-order valence-electron chi connectivity index (χ3n) is 7.28. The van der Waals surface area contributed by atoms with Gasteiger partial charge in [0.25, 0.3) is 6.43 Å². The highest BCUT2D eigenvalue weighted by molar-refractivity contribution is 5.91. The Kier molecular flexibility index (Phi) is 7.47. The molecule has 0 aliphatic carbocycles. The van der Waals surface area contributed by atoms with Crippen LogP contribution in [0.2, 0.25) is 0 Å². The van der Waals surface area contributed by atoms with Crippen LogP contribution >= 0.6 is 0 Å². The number of benzene rings is 1. The summed E-state index contributed by atoms with van der Waals surface area (Å²) in [5.74, 6) is -0.949. The van der Waals surface area contributed by atoms with Crippen LogP contribution in [0.3, 0.4) is 0 Å². The molecular weight excluding hydrogens is 507 g/mol. The molecule has 0 unspecified atom stereocenters. The number of carbonyl (C=O) groups excluding carboxylic acids is 1. The van der Waals surface area contributed by atoms with E-state index in [1.54, 1.807) is 48.7 Å². The van der Waals surface area contributed by atoms with Crippen LogP contribution in [-0.2, 0) is 16.8 Å². The molecule has 0 spiro atoms. The van der Waals surface area contributed by atoms with E-state index < -0.39 is 29.4 Å². The molecule has 1 atom stereocenters. The average molecular weight is 536 g/mol. The molecule has 0 saturated carbocycles. The van der Waals surface area contributed by atoms with Crippen LogP contribution < -0.4 is 5.32 Å². The zero-order valence-corrected chi connectivity index (χ0v) is 21.3. The van der Waals surface area contributed by atoms with Crippen molar-refractivity contribution >= 4 is 22.5 Å². The summed E-state index contributed by atoms with van der Waals surface area (Å²) >= 11 is 0. The average Bonchev–Trinajstić information content (AvgIpc) is 2.94. The number of hydrogen-bond donors (Lipinski definition) is 2. The minimum absolute atomic E-state index is 0.0115. The van der Waals surface area contributed by atoms with E-state index in [-0.39, 0.29) is 17.9 Å². The summed E-state index contributed by atoms with van der Waals surface area (Å²) in [6.45, 7) is 2.46. The molecule has 7 nitrogen and oxygen atoms in total. The van der Waals surface area contributed by atoms with Crippen LogP contribution in [-0.4, -0.2) is 44.0 Å². The number of aliphatic hydroxyl groups is 1. The second-order valence-corrected chi connectivity index (χ2v) is 9.81. The summed E-state index contributed by atoms with van der Waals surface area (Å²) in [4.78, 5) is 27.3. The van der Waals surface area contributed by atoms with Crippen molar-refractivity contribution in [3.63, 3.8) is 0 Å². The SMILES string of the molecule is C[C@@H](Nc1ccnc2cnc(C3(O)CCN(C(=O)Cc4ccncc4)CC3)cc12)c1cccc(C(F)F)c1F. The Morgan fingerprint density at radius 1 is 1.08 bits per heavy atom. The lowest BCUT2D eigenvalue weighted by molar-refractivity contribution is -0.135. The van der Waals surface area contributed by atoms with Gasteiger partial charge in [-0.25, -0.2) is 13.2 Å².